The van der Waals surface area contributed by atoms with Crippen LogP contribution in [-0.4, -0.2) is 23.8 Å². The van der Waals surface area contributed by atoms with Gasteiger partial charge >= 0.3 is 6.36 Å². The highest BCUT2D eigenvalue weighted by Gasteiger charge is 2.31. The smallest absolute Gasteiger partial charge is 0.406 e. The first-order valence-electron chi connectivity index (χ1n) is 4.98. The molecule has 18 heavy (non-hydrogen) atoms. The number of rotatable bonds is 2. The number of benzene rings is 1. The summed E-state index contributed by atoms with van der Waals surface area (Å²) < 4.78 is 39.8. The zero-order valence-corrected chi connectivity index (χ0v) is 9.83. The summed E-state index contributed by atoms with van der Waals surface area (Å²) in [4.78, 5) is 4.04. The molecule has 96 valence electrons. The van der Waals surface area contributed by atoms with E-state index in [1.165, 1.54) is 30.0 Å². The van der Waals surface area contributed by atoms with Crippen LogP contribution in [-0.2, 0) is 0 Å². The minimum Gasteiger partial charge on any atom is -0.406 e. The van der Waals surface area contributed by atoms with Gasteiger partial charge < -0.3 is 4.74 Å². The Morgan fingerprint density at radius 2 is 2.11 bits per heavy atom. The van der Waals surface area contributed by atoms with E-state index < -0.39 is 6.36 Å². The molecular weight excluding hydrogens is 267 g/mol. The average Bonchev–Trinajstić information content (AvgIpc) is 2.77. The third-order valence-corrected chi connectivity index (χ3v) is 2.73. The van der Waals surface area contributed by atoms with Gasteiger partial charge in [0.25, 0.3) is 0 Å². The Kier molecular flexibility index (Phi) is 3.85. The summed E-state index contributed by atoms with van der Waals surface area (Å²) in [5.74, 6) is 0.533. The van der Waals surface area contributed by atoms with Crippen molar-refractivity contribution < 1.29 is 17.9 Å². The topological polar surface area (TPSA) is 46.3 Å². The Bertz CT molecular complexity index is 488. The minimum absolute atomic E-state index is 0.284. The van der Waals surface area contributed by atoms with Crippen molar-refractivity contribution in [2.75, 3.05) is 12.3 Å². The Morgan fingerprint density at radius 1 is 1.28 bits per heavy atom. The molecule has 0 saturated heterocycles. The number of thioether (sulfide) groups is 1. The van der Waals surface area contributed by atoms with Crippen molar-refractivity contribution >= 4 is 22.6 Å². The Labute approximate surface area is 105 Å². The SMILES string of the molecule is FC(F)(F)Oc1cccc(N=NC2=NCCS2)c1. The number of azo groups is 1. The van der Waals surface area contributed by atoms with E-state index in [0.29, 0.717) is 11.7 Å². The minimum atomic E-state index is -4.71. The van der Waals surface area contributed by atoms with Crippen LogP contribution in [0.2, 0.25) is 0 Å². The summed E-state index contributed by atoms with van der Waals surface area (Å²) in [6.45, 7) is 0.691. The monoisotopic (exact) mass is 275 g/mol. The second kappa shape index (κ2) is 5.38. The van der Waals surface area contributed by atoms with Crippen LogP contribution in [0.4, 0.5) is 18.9 Å². The van der Waals surface area contributed by atoms with E-state index in [1.807, 2.05) is 0 Å². The molecule has 1 aliphatic heterocycles. The van der Waals surface area contributed by atoms with E-state index in [9.17, 15) is 13.2 Å². The maximum Gasteiger partial charge on any atom is 0.573 e. The summed E-state index contributed by atoms with van der Waals surface area (Å²) in [6, 6.07) is 5.32. The van der Waals surface area contributed by atoms with Gasteiger partial charge in [-0.3, -0.25) is 4.99 Å². The molecule has 0 bridgehead atoms. The largest absolute Gasteiger partial charge is 0.573 e. The van der Waals surface area contributed by atoms with Crippen LogP contribution < -0.4 is 4.74 Å². The lowest BCUT2D eigenvalue weighted by Crippen LogP contribution is -2.16. The lowest BCUT2D eigenvalue weighted by atomic mass is 10.3. The van der Waals surface area contributed by atoms with Crippen LogP contribution in [0.25, 0.3) is 0 Å². The normalized spacial score (nSPS) is 16.1. The van der Waals surface area contributed by atoms with Crippen molar-refractivity contribution in [3.63, 3.8) is 0 Å². The standard InChI is InChI=1S/C10H8F3N3OS/c11-10(12,13)17-8-3-1-2-7(6-8)15-16-9-14-4-5-18-9/h1-3,6H,4-5H2. The molecule has 1 heterocycles. The van der Waals surface area contributed by atoms with Gasteiger partial charge in [-0.1, -0.05) is 17.8 Å². The van der Waals surface area contributed by atoms with Crippen LogP contribution in [0.1, 0.15) is 0 Å². The van der Waals surface area contributed by atoms with E-state index in [2.05, 4.69) is 20.0 Å². The van der Waals surface area contributed by atoms with E-state index in [-0.39, 0.29) is 11.4 Å². The molecule has 0 radical (unpaired) electrons. The van der Waals surface area contributed by atoms with E-state index in [0.717, 1.165) is 11.8 Å². The first-order valence-corrected chi connectivity index (χ1v) is 5.96. The van der Waals surface area contributed by atoms with Gasteiger partial charge in [0.1, 0.15) is 5.75 Å². The highest BCUT2D eigenvalue weighted by atomic mass is 32.2. The third-order valence-electron chi connectivity index (χ3n) is 1.87. The number of alkyl halides is 3. The fraction of sp³-hybridized carbons (Fsp3) is 0.300. The Balaban J connectivity index is 2.07. The van der Waals surface area contributed by atoms with Gasteiger partial charge in [-0.2, -0.15) is 0 Å². The molecule has 0 atom stereocenters. The molecule has 0 fully saturated rings. The number of halogens is 3. The second-order valence-corrected chi connectivity index (χ2v) is 4.32. The van der Waals surface area contributed by atoms with Crippen molar-refractivity contribution in [3.8, 4) is 5.75 Å². The first-order chi connectivity index (χ1) is 8.53. The van der Waals surface area contributed by atoms with Gasteiger partial charge in [0, 0.05) is 11.8 Å². The fourth-order valence-corrected chi connectivity index (χ4v) is 1.87. The van der Waals surface area contributed by atoms with E-state index in [1.54, 1.807) is 0 Å². The van der Waals surface area contributed by atoms with Crippen LogP contribution in [0.15, 0.2) is 39.5 Å². The van der Waals surface area contributed by atoms with E-state index in [4.69, 9.17) is 0 Å². The molecule has 2 rings (SSSR count). The average molecular weight is 275 g/mol. The Morgan fingerprint density at radius 3 is 2.78 bits per heavy atom. The second-order valence-electron chi connectivity index (χ2n) is 3.26. The number of aliphatic imine (C=N–C) groups is 1. The molecule has 0 aromatic heterocycles. The maximum absolute atomic E-state index is 12.0. The van der Waals surface area contributed by atoms with Crippen molar-refractivity contribution in [2.45, 2.75) is 6.36 Å². The molecule has 0 N–H and O–H groups in total. The summed E-state index contributed by atoms with van der Waals surface area (Å²) in [5.41, 5.74) is 0.284. The highest BCUT2D eigenvalue weighted by Crippen LogP contribution is 2.26. The van der Waals surface area contributed by atoms with Crippen molar-refractivity contribution in [3.05, 3.63) is 24.3 Å². The quantitative estimate of drug-likeness (QED) is 0.771. The lowest BCUT2D eigenvalue weighted by Gasteiger charge is -2.08. The summed E-state index contributed by atoms with van der Waals surface area (Å²) >= 11 is 1.45. The summed E-state index contributed by atoms with van der Waals surface area (Å²) in [5, 5.41) is 8.18. The molecule has 1 aromatic carbocycles. The van der Waals surface area contributed by atoms with Gasteiger partial charge in [-0.25, -0.2) is 0 Å². The fourth-order valence-electron chi connectivity index (χ4n) is 1.23. The predicted molar refractivity (Wildman–Crippen MR) is 62.4 cm³/mol. The molecule has 0 amide bonds. The zero-order valence-electron chi connectivity index (χ0n) is 9.02. The lowest BCUT2D eigenvalue weighted by molar-refractivity contribution is -0.274. The predicted octanol–water partition coefficient (Wildman–Crippen LogP) is 3.77. The number of hydrogen-bond donors (Lipinski definition) is 0. The van der Waals surface area contributed by atoms with Gasteiger partial charge in [-0.15, -0.1) is 23.4 Å². The molecule has 0 unspecified atom stereocenters. The van der Waals surface area contributed by atoms with Gasteiger partial charge in [-0.05, 0) is 12.1 Å². The highest BCUT2D eigenvalue weighted by molar-refractivity contribution is 8.14. The molecule has 8 heteroatoms. The van der Waals surface area contributed by atoms with Crippen LogP contribution in [0, 0.1) is 0 Å². The zero-order chi connectivity index (χ0) is 13.0. The molecule has 0 aliphatic carbocycles. The molecule has 1 aliphatic rings. The van der Waals surface area contributed by atoms with Gasteiger partial charge in [0.2, 0.25) is 5.17 Å². The van der Waals surface area contributed by atoms with Crippen LogP contribution >= 0.6 is 11.8 Å². The molecule has 4 nitrogen and oxygen atoms in total. The van der Waals surface area contributed by atoms with Crippen molar-refractivity contribution in [1.82, 2.24) is 0 Å². The number of amidine groups is 1. The number of nitrogens with zero attached hydrogens (tertiary/aromatic N) is 3. The molecule has 0 spiro atoms. The van der Waals surface area contributed by atoms with Crippen LogP contribution in [0.3, 0.4) is 0 Å². The first kappa shape index (κ1) is 12.9. The molecule has 0 saturated carbocycles. The van der Waals surface area contributed by atoms with E-state index >= 15 is 0 Å². The van der Waals surface area contributed by atoms with Gasteiger partial charge in [0.15, 0.2) is 0 Å². The third kappa shape index (κ3) is 4.02. The number of ether oxygens (including phenoxy) is 1. The van der Waals surface area contributed by atoms with Gasteiger partial charge in [0.05, 0.1) is 12.2 Å². The van der Waals surface area contributed by atoms with Crippen molar-refractivity contribution in [1.29, 1.82) is 0 Å². The summed E-state index contributed by atoms with van der Waals surface area (Å²) in [7, 11) is 0. The molecule has 1 aromatic rings. The Hall–Kier alpha value is -1.57. The molecular formula is C10H8F3N3OS. The maximum atomic E-state index is 12.0. The number of hydrogen-bond acceptors (Lipinski definition) is 5. The van der Waals surface area contributed by atoms with Crippen molar-refractivity contribution in [2.24, 2.45) is 15.2 Å². The van der Waals surface area contributed by atoms with Crippen LogP contribution in [0.5, 0.6) is 5.75 Å². The summed E-state index contributed by atoms with van der Waals surface area (Å²) in [6.07, 6.45) is -4.71.